The van der Waals surface area contributed by atoms with Crippen LogP contribution in [-0.2, 0) is 81.7 Å². The number of hydrogen-bond acceptors (Lipinski definition) is 19. The minimum atomic E-state index is -1.79. The zero-order valence-corrected chi connectivity index (χ0v) is 52.9. The molecule has 0 radical (unpaired) electrons. The standard InChI is InChI=1S/C34H47N7O17.C23H37N5O4S.CO2/c1-2-19(30(51)52)38-29(50)23(15-27(47)48)39-28(49)22(14-26(45)46)37-24(42)13-17-6-8-18(9-7-17)16-36-33(57)35-12-4-3-5-20(31(53)54)40-34(58)41-21(32(55)56)10-11-25(43)44;1-3-4-9-24-23(33)25-19-7-5-18(6-8-19)14-20-15-28(17-22(31)32)13-12-27(16-21(29)30)11-10-26(20)2;2-1-3/h6-9,19-23H,2-5,10-16H2,1H3,(H,37,42)(H,38,50)(H,39,49)(H,43,44)(H,45,46)(H,47,48)(H,51,52)(H,53,54)(H,55,56)(H2,35,36,57)(H2,40,41,58);5-8,20H,3-4,9-17H2,1-2H3,(H,29,30)(H,31,32)(H2,24,25,33);/t19-,20-,21-,22-,23-;;/m0../s1. The molecular formula is C58H84N12O23S. The van der Waals surface area contributed by atoms with Crippen molar-refractivity contribution in [3.63, 3.8) is 0 Å². The van der Waals surface area contributed by atoms with Crippen LogP contribution in [0.2, 0.25) is 0 Å². The van der Waals surface area contributed by atoms with Crippen molar-refractivity contribution in [3.8, 4) is 0 Å². The number of benzene rings is 2. The molecule has 6 atom stereocenters. The molecule has 35 nitrogen and oxygen atoms in total. The Bertz CT molecular complexity index is 2900. The molecule has 36 heteroatoms. The van der Waals surface area contributed by atoms with Gasteiger partial charge in [-0.15, -0.1) is 0 Å². The lowest BCUT2D eigenvalue weighted by molar-refractivity contribution is -0.192. The average Bonchev–Trinajstić information content (AvgIpc) is 1.27. The average molecular weight is 1350 g/mol. The van der Waals surface area contributed by atoms with E-state index < -0.39 is 133 Å². The fraction of sp³-hybridized carbons (Fsp3) is 0.534. The number of thiocarbonyl (C=S) groups is 1. The molecule has 0 bridgehead atoms. The minimum Gasteiger partial charge on any atom is -0.481 e. The number of rotatable bonds is 37. The van der Waals surface area contributed by atoms with Crippen LogP contribution in [0.4, 0.5) is 15.3 Å². The number of aliphatic carboxylic acids is 8. The highest BCUT2D eigenvalue weighted by Crippen LogP contribution is 2.16. The van der Waals surface area contributed by atoms with Crippen molar-refractivity contribution in [1.82, 2.24) is 57.2 Å². The van der Waals surface area contributed by atoms with Crippen LogP contribution in [0.3, 0.4) is 0 Å². The molecule has 0 saturated carbocycles. The van der Waals surface area contributed by atoms with E-state index in [2.05, 4.69) is 66.5 Å². The first kappa shape index (κ1) is 82.1. The van der Waals surface area contributed by atoms with Gasteiger partial charge < -0.3 is 93.6 Å². The van der Waals surface area contributed by atoms with E-state index >= 15 is 0 Å². The van der Waals surface area contributed by atoms with Crippen molar-refractivity contribution in [2.24, 2.45) is 0 Å². The summed E-state index contributed by atoms with van der Waals surface area (Å²) in [4.78, 5) is 175. The number of carboxylic acids is 8. The van der Waals surface area contributed by atoms with Gasteiger partial charge in [-0.1, -0.05) is 56.7 Å². The second kappa shape index (κ2) is 45.4. The normalized spacial score (nSPS) is 14.7. The van der Waals surface area contributed by atoms with Crippen LogP contribution in [0.5, 0.6) is 0 Å². The summed E-state index contributed by atoms with van der Waals surface area (Å²) in [5.74, 6) is -13.5. The zero-order valence-electron chi connectivity index (χ0n) is 52.1. The van der Waals surface area contributed by atoms with Crippen LogP contribution >= 0.6 is 12.2 Å². The second-order valence-electron chi connectivity index (χ2n) is 21.3. The van der Waals surface area contributed by atoms with Crippen molar-refractivity contribution >= 4 is 107 Å². The number of carbonyl (C=O) groups is 13. The maximum Gasteiger partial charge on any atom is 0.373 e. The number of anilines is 1. The van der Waals surface area contributed by atoms with Gasteiger partial charge in [0.1, 0.15) is 30.2 Å². The highest BCUT2D eigenvalue weighted by Gasteiger charge is 2.32. The van der Waals surface area contributed by atoms with Gasteiger partial charge >= 0.3 is 66.0 Å². The molecule has 0 aliphatic carbocycles. The summed E-state index contributed by atoms with van der Waals surface area (Å²) in [6.45, 7) is 7.51. The Kier molecular flexibility index (Phi) is 39.6. The SMILES string of the molecule is CCCCNC(=S)Nc1ccc(CC2CN(CC(=O)O)CCN(CC(=O)O)CCN2C)cc1.CC[C@H](NC(=O)[C@H](CC(=O)O)NC(=O)[C@H](CC(=O)O)NC(=O)Cc1ccc(CNC(=O)NCCCC[C@H](NC(=O)N[C@@H](CCC(=O)O)C(=O)O)C(=O)O)cc1)C(=O)O.O=C=O. The van der Waals surface area contributed by atoms with Gasteiger partial charge in [-0.25, -0.2) is 24.0 Å². The van der Waals surface area contributed by atoms with Gasteiger partial charge in [-0.05, 0) is 93.0 Å². The minimum absolute atomic E-state index is 0.0386. The van der Waals surface area contributed by atoms with E-state index in [0.29, 0.717) is 48.8 Å². The lowest BCUT2D eigenvalue weighted by Crippen LogP contribution is -2.56. The molecule has 1 aliphatic heterocycles. The number of amides is 7. The van der Waals surface area contributed by atoms with Gasteiger partial charge in [-0.3, -0.25) is 48.2 Å². The molecule has 2 aromatic carbocycles. The number of hydrogen-bond donors (Lipinski definition) is 17. The third kappa shape index (κ3) is 36.8. The Labute approximate surface area is 545 Å². The Balaban J connectivity index is 0.00000103. The highest BCUT2D eigenvalue weighted by atomic mass is 32.1. The number of unbranched alkanes of at least 4 members (excludes halogenated alkanes) is 2. The first-order chi connectivity index (χ1) is 44.4. The third-order valence-electron chi connectivity index (χ3n) is 13.8. The molecule has 1 unspecified atom stereocenters. The molecule has 17 N–H and O–H groups in total. The first-order valence-electron chi connectivity index (χ1n) is 29.5. The summed E-state index contributed by atoms with van der Waals surface area (Å²) >= 11 is 5.33. The monoisotopic (exact) mass is 1350 g/mol. The number of carbonyl (C=O) groups excluding carboxylic acids is 7. The summed E-state index contributed by atoms with van der Waals surface area (Å²) < 4.78 is 0. The predicted molar refractivity (Wildman–Crippen MR) is 333 cm³/mol. The number of carboxylic acid groups (broad SMARTS) is 8. The van der Waals surface area contributed by atoms with E-state index in [9.17, 15) is 93.0 Å². The van der Waals surface area contributed by atoms with Gasteiger partial charge in [0.2, 0.25) is 17.7 Å². The Hall–Kier alpha value is -9.90. The van der Waals surface area contributed by atoms with Gasteiger partial charge in [-0.2, -0.15) is 9.59 Å². The fourth-order valence-electron chi connectivity index (χ4n) is 8.78. The number of likely N-dealkylation sites (N-methyl/N-ethyl adjacent to an activating group) is 1. The van der Waals surface area contributed by atoms with Crippen molar-refractivity contribution in [2.45, 2.75) is 134 Å². The van der Waals surface area contributed by atoms with E-state index in [1.54, 1.807) is 12.1 Å². The fourth-order valence-corrected chi connectivity index (χ4v) is 9.00. The van der Waals surface area contributed by atoms with Crippen LogP contribution in [0.15, 0.2) is 48.5 Å². The van der Waals surface area contributed by atoms with Crippen molar-refractivity contribution < 1.29 is 113 Å². The van der Waals surface area contributed by atoms with Crippen LogP contribution in [0.25, 0.3) is 0 Å². The Morgan fingerprint density at radius 2 is 1.02 bits per heavy atom. The van der Waals surface area contributed by atoms with Crippen molar-refractivity contribution in [2.75, 3.05) is 71.3 Å². The molecule has 1 fully saturated rings. The van der Waals surface area contributed by atoms with Gasteiger partial charge in [0.25, 0.3) is 0 Å². The number of nitrogens with zero attached hydrogens (tertiary/aromatic N) is 3. The van der Waals surface area contributed by atoms with Crippen LogP contribution in [0.1, 0.15) is 94.7 Å². The number of nitrogens with one attached hydrogen (secondary N) is 9. The Morgan fingerprint density at radius 1 is 0.532 bits per heavy atom. The van der Waals surface area contributed by atoms with Crippen LogP contribution in [-0.4, -0.2) is 247 Å². The zero-order chi connectivity index (χ0) is 70.9. The smallest absolute Gasteiger partial charge is 0.373 e. The summed E-state index contributed by atoms with van der Waals surface area (Å²) in [5.41, 5.74) is 3.08. The highest BCUT2D eigenvalue weighted by molar-refractivity contribution is 7.80. The van der Waals surface area contributed by atoms with Crippen molar-refractivity contribution in [3.05, 3.63) is 65.2 Å². The maximum absolute atomic E-state index is 12.9. The first-order valence-corrected chi connectivity index (χ1v) is 29.9. The summed E-state index contributed by atoms with van der Waals surface area (Å²) in [5, 5.41) is 96.1. The molecule has 94 heavy (non-hydrogen) atoms. The molecule has 0 spiro atoms. The topological polar surface area (TPSA) is 536 Å². The number of urea groups is 2. The molecule has 3 rings (SSSR count). The maximum atomic E-state index is 12.9. The summed E-state index contributed by atoms with van der Waals surface area (Å²) in [7, 11) is 2.02. The lowest BCUT2D eigenvalue weighted by Gasteiger charge is -2.31. The van der Waals surface area contributed by atoms with Crippen LogP contribution in [0, 0.1) is 0 Å². The summed E-state index contributed by atoms with van der Waals surface area (Å²) in [6.07, 6.45) is 0.397. The molecule has 1 saturated heterocycles. The van der Waals surface area contributed by atoms with E-state index in [1.807, 2.05) is 34.3 Å². The molecular weight excluding hydrogens is 1260 g/mol. The molecule has 7 amide bonds. The van der Waals surface area contributed by atoms with Gasteiger partial charge in [0.15, 0.2) is 5.11 Å². The summed E-state index contributed by atoms with van der Waals surface area (Å²) in [6, 6.07) is 4.88. The molecule has 1 heterocycles. The quantitative estimate of drug-likeness (QED) is 0.0285. The van der Waals surface area contributed by atoms with E-state index in [0.717, 1.165) is 43.6 Å². The third-order valence-corrected chi connectivity index (χ3v) is 14.0. The van der Waals surface area contributed by atoms with Crippen molar-refractivity contribution in [1.29, 1.82) is 0 Å². The van der Waals surface area contributed by atoms with E-state index in [1.165, 1.54) is 19.1 Å². The van der Waals surface area contributed by atoms with Crippen LogP contribution < -0.4 is 47.9 Å². The molecule has 520 valence electrons. The molecule has 0 aromatic heterocycles. The second-order valence-corrected chi connectivity index (χ2v) is 21.7. The Morgan fingerprint density at radius 3 is 1.54 bits per heavy atom. The largest absolute Gasteiger partial charge is 0.481 e. The molecule has 2 aromatic rings. The molecule has 1 aliphatic rings. The lowest BCUT2D eigenvalue weighted by atomic mass is 10.0. The van der Waals surface area contributed by atoms with Gasteiger partial charge in [0, 0.05) is 70.5 Å². The van der Waals surface area contributed by atoms with E-state index in [4.69, 9.17) is 32.0 Å². The predicted octanol–water partition coefficient (Wildman–Crippen LogP) is -1.01. The van der Waals surface area contributed by atoms with E-state index in [-0.39, 0.29) is 64.1 Å². The van der Waals surface area contributed by atoms with Gasteiger partial charge in [0.05, 0.1) is 32.4 Å².